The van der Waals surface area contributed by atoms with Gasteiger partial charge in [-0.3, -0.25) is 9.59 Å². The highest BCUT2D eigenvalue weighted by molar-refractivity contribution is 6.54. The maximum absolute atomic E-state index is 13.3. The average Bonchev–Trinajstić information content (AvgIpc) is 3.37. The molecule has 1 heterocycles. The summed E-state index contributed by atoms with van der Waals surface area (Å²) in [5, 5.41) is 4.28. The van der Waals surface area contributed by atoms with Gasteiger partial charge in [-0.2, -0.15) is 5.10 Å². The van der Waals surface area contributed by atoms with Crippen molar-refractivity contribution in [3.63, 3.8) is 0 Å². The summed E-state index contributed by atoms with van der Waals surface area (Å²) in [5.74, 6) is -0.643. The van der Waals surface area contributed by atoms with E-state index in [9.17, 15) is 9.59 Å². The first-order valence-electron chi connectivity index (χ1n) is 11.3. The molecule has 11 heteroatoms. The van der Waals surface area contributed by atoms with Crippen molar-refractivity contribution in [2.75, 3.05) is 0 Å². The van der Waals surface area contributed by atoms with Crippen molar-refractivity contribution >= 4 is 86.9 Å². The quantitative estimate of drug-likeness (QED) is 0.0659. The Hall–Kier alpha value is -3.39. The molecule has 1 amide bonds. The van der Waals surface area contributed by atoms with Crippen LogP contribution in [-0.2, 0) is 0 Å². The number of H-pyrrole nitrogens is 1. The van der Waals surface area contributed by atoms with Crippen molar-refractivity contribution in [3.05, 3.63) is 120 Å². The summed E-state index contributed by atoms with van der Waals surface area (Å²) in [6, 6.07) is 20.8. The van der Waals surface area contributed by atoms with Gasteiger partial charge in [0.15, 0.2) is 5.78 Å². The summed E-state index contributed by atoms with van der Waals surface area (Å²) >= 11 is 31.6. The number of rotatable bonds is 6. The zero-order valence-electron chi connectivity index (χ0n) is 19.6. The van der Waals surface area contributed by atoms with E-state index in [0.29, 0.717) is 32.7 Å². The van der Waals surface area contributed by atoms with Crippen LogP contribution in [0.5, 0.6) is 0 Å². The summed E-state index contributed by atoms with van der Waals surface area (Å²) in [7, 11) is 0. The monoisotopic (exact) mass is 614 g/mol. The van der Waals surface area contributed by atoms with E-state index >= 15 is 0 Å². The Morgan fingerprint density at radius 3 is 2.21 bits per heavy atom. The summed E-state index contributed by atoms with van der Waals surface area (Å²) < 4.78 is 0. The summed E-state index contributed by atoms with van der Waals surface area (Å²) in [6.07, 6.45) is 1.44. The molecule has 0 aliphatic rings. The highest BCUT2D eigenvalue weighted by Gasteiger charge is 2.28. The average molecular weight is 617 g/mol. The number of nitrogens with one attached hydrogen (secondary N) is 2. The van der Waals surface area contributed by atoms with Crippen molar-refractivity contribution in [2.24, 2.45) is 5.10 Å². The standard InChI is InChI=1S/C28H15Cl5N4O2/c29-17-9-6-14(7-10-17)13-34-37-28(39)21-20(22(30)24(32)25(33)23(21)31)27-35-18-11-8-16(12-19(18)36-27)26(38)15-4-2-1-3-5-15/h1-13H,(H,35,36)(H,37,39)/b34-13+. The third kappa shape index (κ3) is 5.53. The SMILES string of the molecule is O=C(c1ccccc1)c1ccc2nc(-c3c(Cl)c(Cl)c(Cl)c(Cl)c3C(=O)N/N=C/c3ccc(Cl)cc3)[nH]c2c1. The molecule has 0 unspecified atom stereocenters. The first-order chi connectivity index (χ1) is 18.7. The third-order valence-corrected chi connectivity index (χ3v) is 7.81. The molecule has 39 heavy (non-hydrogen) atoms. The predicted molar refractivity (Wildman–Crippen MR) is 158 cm³/mol. The van der Waals surface area contributed by atoms with Gasteiger partial charge >= 0.3 is 0 Å². The number of hydrogen-bond acceptors (Lipinski definition) is 4. The van der Waals surface area contributed by atoms with Gasteiger partial charge in [0.2, 0.25) is 0 Å². The number of carbonyl (C=O) groups is 2. The van der Waals surface area contributed by atoms with Crippen LogP contribution in [0.15, 0.2) is 77.9 Å². The lowest BCUT2D eigenvalue weighted by molar-refractivity contribution is 0.0955. The van der Waals surface area contributed by atoms with Gasteiger partial charge in [0.05, 0.1) is 48.5 Å². The molecule has 0 atom stereocenters. The molecule has 5 aromatic rings. The van der Waals surface area contributed by atoms with Gasteiger partial charge < -0.3 is 4.98 Å². The number of amides is 1. The largest absolute Gasteiger partial charge is 0.338 e. The lowest BCUT2D eigenvalue weighted by atomic mass is 10.0. The van der Waals surface area contributed by atoms with Gasteiger partial charge in [-0.1, -0.05) is 100 Å². The molecule has 0 aliphatic carbocycles. The minimum Gasteiger partial charge on any atom is -0.338 e. The van der Waals surface area contributed by atoms with Crippen LogP contribution >= 0.6 is 58.0 Å². The number of aromatic amines is 1. The molecule has 194 valence electrons. The van der Waals surface area contributed by atoms with E-state index in [4.69, 9.17) is 58.0 Å². The first-order valence-corrected chi connectivity index (χ1v) is 13.2. The van der Waals surface area contributed by atoms with E-state index in [-0.39, 0.29) is 42.8 Å². The van der Waals surface area contributed by atoms with Gasteiger partial charge in [-0.15, -0.1) is 0 Å². The second-order valence-electron chi connectivity index (χ2n) is 8.27. The molecule has 5 rings (SSSR count). The third-order valence-electron chi connectivity index (χ3n) is 5.76. The van der Waals surface area contributed by atoms with E-state index in [1.807, 2.05) is 6.07 Å². The lowest BCUT2D eigenvalue weighted by Crippen LogP contribution is -2.20. The van der Waals surface area contributed by atoms with Crippen molar-refractivity contribution in [1.29, 1.82) is 0 Å². The van der Waals surface area contributed by atoms with Gasteiger partial charge in [0.1, 0.15) is 5.82 Å². The Labute approximate surface area is 247 Å². The number of benzene rings is 4. The summed E-state index contributed by atoms with van der Waals surface area (Å²) in [5.41, 5.74) is 5.25. The smallest absolute Gasteiger partial charge is 0.273 e. The number of aromatic nitrogens is 2. The molecule has 0 spiro atoms. The fourth-order valence-electron chi connectivity index (χ4n) is 3.86. The normalized spacial score (nSPS) is 11.3. The molecule has 1 aromatic heterocycles. The van der Waals surface area contributed by atoms with Crippen molar-refractivity contribution < 1.29 is 9.59 Å². The number of imidazole rings is 1. The van der Waals surface area contributed by atoms with Crippen LogP contribution in [-0.4, -0.2) is 27.9 Å². The van der Waals surface area contributed by atoms with Crippen molar-refractivity contribution in [1.82, 2.24) is 15.4 Å². The summed E-state index contributed by atoms with van der Waals surface area (Å²) in [6.45, 7) is 0. The van der Waals surface area contributed by atoms with Gasteiger partial charge in [-0.05, 0) is 35.9 Å². The Balaban J connectivity index is 1.54. The highest BCUT2D eigenvalue weighted by atomic mass is 35.5. The minimum absolute atomic E-state index is 0.0301. The molecule has 6 nitrogen and oxygen atoms in total. The predicted octanol–water partition coefficient (Wildman–Crippen LogP) is 8.49. The number of nitrogens with zero attached hydrogens (tertiary/aromatic N) is 2. The van der Waals surface area contributed by atoms with Crippen LogP contribution < -0.4 is 5.43 Å². The molecule has 4 aromatic carbocycles. The van der Waals surface area contributed by atoms with Crippen LogP contribution in [0.2, 0.25) is 25.1 Å². The zero-order chi connectivity index (χ0) is 27.7. The number of hydrogen-bond donors (Lipinski definition) is 2. The minimum atomic E-state index is -0.693. The topological polar surface area (TPSA) is 87.2 Å². The molecule has 0 aliphatic heterocycles. The van der Waals surface area contributed by atoms with E-state index < -0.39 is 5.91 Å². The van der Waals surface area contributed by atoms with E-state index in [1.165, 1.54) is 6.21 Å². The first kappa shape index (κ1) is 27.2. The molecule has 0 saturated carbocycles. The zero-order valence-corrected chi connectivity index (χ0v) is 23.4. The molecule has 0 bridgehead atoms. The molecule has 0 radical (unpaired) electrons. The highest BCUT2D eigenvalue weighted by Crippen LogP contribution is 2.45. The van der Waals surface area contributed by atoms with Gasteiger partial charge in [0.25, 0.3) is 5.91 Å². The molecular formula is C28H15Cl5N4O2. The molecule has 0 fully saturated rings. The molecule has 2 N–H and O–H groups in total. The van der Waals surface area contributed by atoms with Crippen LogP contribution in [0, 0.1) is 0 Å². The van der Waals surface area contributed by atoms with Crippen LogP contribution in [0.25, 0.3) is 22.4 Å². The van der Waals surface area contributed by atoms with Gasteiger partial charge in [0, 0.05) is 16.1 Å². The van der Waals surface area contributed by atoms with E-state index in [0.717, 1.165) is 0 Å². The molecular weight excluding hydrogens is 602 g/mol. The molecule has 0 saturated heterocycles. The number of ketones is 1. The number of hydrazone groups is 1. The second-order valence-corrected chi connectivity index (χ2v) is 10.2. The van der Waals surface area contributed by atoms with Crippen LogP contribution in [0.1, 0.15) is 31.8 Å². The Kier molecular flexibility index (Phi) is 7.93. The van der Waals surface area contributed by atoms with Gasteiger partial charge in [-0.25, -0.2) is 10.4 Å². The van der Waals surface area contributed by atoms with Crippen molar-refractivity contribution in [3.8, 4) is 11.4 Å². The van der Waals surface area contributed by atoms with Crippen LogP contribution in [0.3, 0.4) is 0 Å². The second kappa shape index (κ2) is 11.4. The lowest BCUT2D eigenvalue weighted by Gasteiger charge is -2.14. The number of halogens is 5. The maximum Gasteiger partial charge on any atom is 0.273 e. The maximum atomic E-state index is 13.3. The Morgan fingerprint density at radius 1 is 0.795 bits per heavy atom. The fourth-order valence-corrected chi connectivity index (χ4v) is 5.02. The number of carbonyl (C=O) groups excluding carboxylic acids is 2. The Morgan fingerprint density at radius 2 is 1.49 bits per heavy atom. The summed E-state index contributed by atoms with van der Waals surface area (Å²) in [4.78, 5) is 33.9. The fraction of sp³-hybridized carbons (Fsp3) is 0. The van der Waals surface area contributed by atoms with Crippen molar-refractivity contribution in [2.45, 2.75) is 0 Å². The van der Waals surface area contributed by atoms with Crippen LogP contribution in [0.4, 0.5) is 0 Å². The number of fused-ring (bicyclic) bond motifs is 1. The Bertz CT molecular complexity index is 1770. The van der Waals surface area contributed by atoms with E-state index in [1.54, 1.807) is 66.7 Å². The van der Waals surface area contributed by atoms with E-state index in [2.05, 4.69) is 20.5 Å².